The monoisotopic (exact) mass is 410 g/mol. The fourth-order valence-electron chi connectivity index (χ4n) is 3.44. The average molecular weight is 411 g/mol. The number of benzene rings is 1. The van der Waals surface area contributed by atoms with E-state index in [4.69, 9.17) is 31.5 Å². The highest BCUT2D eigenvalue weighted by atomic mass is 35.5. The summed E-state index contributed by atoms with van der Waals surface area (Å²) in [5.41, 5.74) is 7.52. The molecule has 8 heteroatoms. The number of amides is 1. The Balaban J connectivity index is 1.28. The van der Waals surface area contributed by atoms with Gasteiger partial charge in [0.25, 0.3) is 0 Å². The van der Waals surface area contributed by atoms with Gasteiger partial charge in [-0.05, 0) is 42.9 Å². The minimum absolute atomic E-state index is 0.0693. The summed E-state index contributed by atoms with van der Waals surface area (Å²) >= 11 is 6.02. The molecule has 0 radical (unpaired) electrons. The van der Waals surface area contributed by atoms with Crippen LogP contribution >= 0.6 is 11.6 Å². The Hall–Kier alpha value is -1.83. The van der Waals surface area contributed by atoms with Crippen molar-refractivity contribution in [2.24, 2.45) is 11.7 Å². The first-order valence-electron chi connectivity index (χ1n) is 9.45. The minimum atomic E-state index is -0.666. The lowest BCUT2D eigenvalue weighted by Crippen LogP contribution is -2.71. The van der Waals surface area contributed by atoms with E-state index in [1.807, 2.05) is 25.1 Å². The Morgan fingerprint density at radius 3 is 2.68 bits per heavy atom. The van der Waals surface area contributed by atoms with Crippen LogP contribution in [0.3, 0.4) is 0 Å². The zero-order valence-electron chi connectivity index (χ0n) is 16.3. The second-order valence-corrected chi connectivity index (χ2v) is 8.35. The molecule has 2 aliphatic rings. The van der Waals surface area contributed by atoms with E-state index in [0.717, 1.165) is 29.0 Å². The molecular weight excluding hydrogens is 384 g/mol. The van der Waals surface area contributed by atoms with Gasteiger partial charge < -0.3 is 24.8 Å². The number of nitrogens with two attached hydrogens (primary N) is 1. The van der Waals surface area contributed by atoms with Crippen molar-refractivity contribution in [1.29, 1.82) is 0 Å². The van der Waals surface area contributed by atoms with Crippen LogP contribution in [0.1, 0.15) is 30.9 Å². The predicted octanol–water partition coefficient (Wildman–Crippen LogP) is 2.66. The van der Waals surface area contributed by atoms with Gasteiger partial charge in [-0.2, -0.15) is 0 Å². The highest BCUT2D eigenvalue weighted by Crippen LogP contribution is 2.32. The largest absolute Gasteiger partial charge is 0.464 e. The number of aryl methyl sites for hydroxylation is 1. The Labute approximate surface area is 170 Å². The molecule has 7 nitrogen and oxygen atoms in total. The number of carbonyl (C=O) groups excluding carboxylic acids is 2. The third kappa shape index (κ3) is 5.37. The Morgan fingerprint density at radius 2 is 2.04 bits per heavy atom. The number of hydrogen-bond acceptors (Lipinski definition) is 6. The number of likely N-dealkylation sites (tertiary alicyclic amines) is 1. The second-order valence-electron chi connectivity index (χ2n) is 7.94. The van der Waals surface area contributed by atoms with E-state index in [-0.39, 0.29) is 24.8 Å². The number of esters is 1. The van der Waals surface area contributed by atoms with Crippen LogP contribution < -0.4 is 5.73 Å². The molecule has 1 aliphatic heterocycles. The standard InChI is InChI=1S/C20H27ClN2O5/c1-13-5-15(3-4-18(13)21)8-26-9-16-6-17(7-16)28-19(25)23-10-20(22,11-23)12-27-14(2)24/h3-5,16-17H,6-12,22H2,1-2H3/t16-,17+. The number of ether oxygens (including phenoxy) is 3. The van der Waals surface area contributed by atoms with Crippen molar-refractivity contribution < 1.29 is 23.8 Å². The van der Waals surface area contributed by atoms with Crippen LogP contribution in [0.5, 0.6) is 0 Å². The summed E-state index contributed by atoms with van der Waals surface area (Å²) in [6.07, 6.45) is 1.19. The quantitative estimate of drug-likeness (QED) is 0.695. The molecule has 1 aromatic rings. The lowest BCUT2D eigenvalue weighted by molar-refractivity contribution is -0.144. The van der Waals surface area contributed by atoms with Crippen molar-refractivity contribution in [2.45, 2.75) is 44.9 Å². The fourth-order valence-corrected chi connectivity index (χ4v) is 3.56. The smallest absolute Gasteiger partial charge is 0.410 e. The van der Waals surface area contributed by atoms with Crippen LogP contribution in [0.25, 0.3) is 0 Å². The first-order chi connectivity index (χ1) is 13.2. The second kappa shape index (κ2) is 8.68. The summed E-state index contributed by atoms with van der Waals surface area (Å²) in [6.45, 7) is 5.28. The van der Waals surface area contributed by atoms with Gasteiger partial charge in [-0.25, -0.2) is 4.79 Å². The molecule has 0 atom stereocenters. The maximum absolute atomic E-state index is 12.1. The third-order valence-electron chi connectivity index (χ3n) is 5.14. The molecule has 1 aliphatic carbocycles. The van der Waals surface area contributed by atoms with Gasteiger partial charge in [0.2, 0.25) is 0 Å². The molecule has 154 valence electrons. The van der Waals surface area contributed by atoms with Crippen molar-refractivity contribution in [3.05, 3.63) is 34.3 Å². The molecule has 0 unspecified atom stereocenters. The van der Waals surface area contributed by atoms with Crippen LogP contribution in [0.4, 0.5) is 4.79 Å². The van der Waals surface area contributed by atoms with Crippen LogP contribution in [0.2, 0.25) is 5.02 Å². The van der Waals surface area contributed by atoms with Crippen LogP contribution in [-0.2, 0) is 25.6 Å². The molecule has 28 heavy (non-hydrogen) atoms. The molecule has 0 bridgehead atoms. The van der Waals surface area contributed by atoms with Crippen molar-refractivity contribution in [3.8, 4) is 0 Å². The molecule has 1 aromatic carbocycles. The molecule has 3 rings (SSSR count). The zero-order valence-corrected chi connectivity index (χ0v) is 17.0. The van der Waals surface area contributed by atoms with Crippen molar-refractivity contribution in [2.75, 3.05) is 26.3 Å². The van der Waals surface area contributed by atoms with Crippen LogP contribution in [0.15, 0.2) is 18.2 Å². The minimum Gasteiger partial charge on any atom is -0.464 e. The maximum atomic E-state index is 12.1. The summed E-state index contributed by atoms with van der Waals surface area (Å²) in [4.78, 5) is 24.5. The molecule has 0 spiro atoms. The van der Waals surface area contributed by atoms with E-state index < -0.39 is 5.54 Å². The van der Waals surface area contributed by atoms with Gasteiger partial charge in [0.05, 0.1) is 18.8 Å². The Morgan fingerprint density at radius 1 is 1.32 bits per heavy atom. The number of nitrogens with zero attached hydrogens (tertiary/aromatic N) is 1. The van der Waals surface area contributed by atoms with E-state index in [2.05, 4.69) is 0 Å². The predicted molar refractivity (Wildman–Crippen MR) is 104 cm³/mol. The Bertz CT molecular complexity index is 729. The molecule has 1 saturated carbocycles. The highest BCUT2D eigenvalue weighted by molar-refractivity contribution is 6.31. The van der Waals surface area contributed by atoms with Crippen molar-refractivity contribution in [1.82, 2.24) is 4.90 Å². The van der Waals surface area contributed by atoms with E-state index >= 15 is 0 Å². The molecule has 2 N–H and O–H groups in total. The molecule has 1 saturated heterocycles. The maximum Gasteiger partial charge on any atom is 0.410 e. The van der Waals surface area contributed by atoms with Gasteiger partial charge in [0, 0.05) is 25.0 Å². The zero-order chi connectivity index (χ0) is 20.3. The summed E-state index contributed by atoms with van der Waals surface area (Å²) in [6, 6.07) is 5.87. The normalized spacial score (nSPS) is 22.8. The number of halogens is 1. The third-order valence-corrected chi connectivity index (χ3v) is 5.56. The van der Waals surface area contributed by atoms with Crippen molar-refractivity contribution in [3.63, 3.8) is 0 Å². The molecule has 1 heterocycles. The summed E-state index contributed by atoms with van der Waals surface area (Å²) < 4.78 is 16.2. The number of carbonyl (C=O) groups is 2. The lowest BCUT2D eigenvalue weighted by atomic mass is 9.83. The molecular formula is C20H27ClN2O5. The van der Waals surface area contributed by atoms with Gasteiger partial charge in [-0.1, -0.05) is 23.7 Å². The van der Waals surface area contributed by atoms with Gasteiger partial charge in [0.1, 0.15) is 12.7 Å². The average Bonchev–Trinajstić information content (AvgIpc) is 2.58. The number of hydrogen-bond donors (Lipinski definition) is 1. The van der Waals surface area contributed by atoms with E-state index in [0.29, 0.717) is 32.2 Å². The van der Waals surface area contributed by atoms with E-state index in [1.54, 1.807) is 0 Å². The SMILES string of the molecule is CC(=O)OCC1(N)CN(C(=O)O[C@H]2C[C@@H](COCc3ccc(Cl)c(C)c3)C2)C1. The number of rotatable bonds is 7. The molecule has 2 fully saturated rings. The molecule has 0 aromatic heterocycles. The van der Waals surface area contributed by atoms with Gasteiger partial charge in [-0.3, -0.25) is 4.79 Å². The van der Waals surface area contributed by atoms with Crippen LogP contribution in [0, 0.1) is 12.8 Å². The lowest BCUT2D eigenvalue weighted by Gasteiger charge is -2.47. The first-order valence-corrected chi connectivity index (χ1v) is 9.82. The van der Waals surface area contributed by atoms with E-state index in [9.17, 15) is 9.59 Å². The summed E-state index contributed by atoms with van der Waals surface area (Å²) in [5.74, 6) is 0.0277. The van der Waals surface area contributed by atoms with Crippen molar-refractivity contribution >= 4 is 23.7 Å². The van der Waals surface area contributed by atoms with Gasteiger partial charge in [-0.15, -0.1) is 0 Å². The first kappa shape index (κ1) is 20.9. The van der Waals surface area contributed by atoms with Crippen LogP contribution in [-0.4, -0.2) is 54.9 Å². The topological polar surface area (TPSA) is 91.1 Å². The fraction of sp³-hybridized carbons (Fsp3) is 0.600. The van der Waals surface area contributed by atoms with Gasteiger partial charge in [0.15, 0.2) is 0 Å². The summed E-state index contributed by atoms with van der Waals surface area (Å²) in [5, 5.41) is 0.757. The molecule has 1 amide bonds. The summed E-state index contributed by atoms with van der Waals surface area (Å²) in [7, 11) is 0. The van der Waals surface area contributed by atoms with Gasteiger partial charge >= 0.3 is 12.1 Å². The highest BCUT2D eigenvalue weighted by Gasteiger charge is 2.45. The van der Waals surface area contributed by atoms with E-state index in [1.165, 1.54) is 11.8 Å². The Kier molecular flexibility index (Phi) is 6.47.